The van der Waals surface area contributed by atoms with Gasteiger partial charge in [0.25, 0.3) is 0 Å². The fourth-order valence-corrected chi connectivity index (χ4v) is 3.78. The smallest absolute Gasteiger partial charge is 0.242 e. The van der Waals surface area contributed by atoms with E-state index in [1.807, 2.05) is 6.92 Å². The van der Waals surface area contributed by atoms with Gasteiger partial charge in [-0.05, 0) is 49.7 Å². The molecule has 0 radical (unpaired) electrons. The fraction of sp³-hybridized carbons (Fsp3) is 0.304. The molecule has 0 bridgehead atoms. The highest BCUT2D eigenvalue weighted by Gasteiger charge is 2.21. The van der Waals surface area contributed by atoms with Gasteiger partial charge in [-0.25, -0.2) is 4.39 Å². The van der Waals surface area contributed by atoms with Crippen LogP contribution in [0.5, 0.6) is 5.75 Å². The second-order valence-corrected chi connectivity index (χ2v) is 8.13. The number of halogens is 1. The molecule has 174 valence electrons. The molecule has 1 heterocycles. The van der Waals surface area contributed by atoms with Gasteiger partial charge in [0, 0.05) is 12.1 Å². The lowest BCUT2D eigenvalue weighted by atomic mass is 10.2. The van der Waals surface area contributed by atoms with Crippen molar-refractivity contribution in [3.8, 4) is 22.8 Å². The van der Waals surface area contributed by atoms with E-state index in [1.165, 1.54) is 6.07 Å². The number of thioether (sulfide) groups is 1. The first kappa shape index (κ1) is 24.2. The molecule has 2 N–H and O–H groups in total. The number of nitrogens with zero attached hydrogens (tertiary/aromatic N) is 3. The predicted molar refractivity (Wildman–Crippen MR) is 125 cm³/mol. The van der Waals surface area contributed by atoms with Crippen molar-refractivity contribution in [3.63, 3.8) is 0 Å². The number of aromatic nitrogens is 3. The van der Waals surface area contributed by atoms with Crippen molar-refractivity contribution >= 4 is 23.6 Å². The van der Waals surface area contributed by atoms with Crippen molar-refractivity contribution in [1.82, 2.24) is 25.4 Å². The average Bonchev–Trinajstić information content (AvgIpc) is 3.25. The normalized spacial score (nSPS) is 11.6. The molecule has 33 heavy (non-hydrogen) atoms. The summed E-state index contributed by atoms with van der Waals surface area (Å²) in [6.45, 7) is 4.12. The molecule has 0 saturated carbocycles. The second kappa shape index (κ2) is 11.5. The number of hydrogen-bond acceptors (Lipinski definition) is 6. The molecular formula is C23H26FN5O3S. The minimum atomic E-state index is -0.663. The first-order valence-electron chi connectivity index (χ1n) is 10.5. The number of rotatable bonds is 10. The van der Waals surface area contributed by atoms with Crippen LogP contribution in [0.3, 0.4) is 0 Å². The molecule has 0 aliphatic heterocycles. The first-order chi connectivity index (χ1) is 15.9. The molecule has 0 aliphatic rings. The van der Waals surface area contributed by atoms with Crippen molar-refractivity contribution in [1.29, 1.82) is 0 Å². The van der Waals surface area contributed by atoms with Crippen molar-refractivity contribution in [2.24, 2.45) is 0 Å². The Morgan fingerprint density at radius 3 is 2.55 bits per heavy atom. The summed E-state index contributed by atoms with van der Waals surface area (Å²) in [7, 11) is 1.57. The van der Waals surface area contributed by atoms with Gasteiger partial charge < -0.3 is 15.4 Å². The largest absolute Gasteiger partial charge is 0.497 e. The van der Waals surface area contributed by atoms with Crippen molar-refractivity contribution < 1.29 is 18.7 Å². The number of nitrogens with one attached hydrogen (secondary N) is 2. The summed E-state index contributed by atoms with van der Waals surface area (Å²) in [5, 5.41) is 14.2. The number of hydrogen-bond donors (Lipinski definition) is 2. The lowest BCUT2D eigenvalue weighted by Gasteiger charge is -2.14. The zero-order valence-corrected chi connectivity index (χ0v) is 19.5. The molecule has 3 rings (SSSR count). The fourth-order valence-electron chi connectivity index (χ4n) is 3.02. The van der Waals surface area contributed by atoms with Gasteiger partial charge in [-0.15, -0.1) is 10.2 Å². The van der Waals surface area contributed by atoms with E-state index < -0.39 is 11.9 Å². The van der Waals surface area contributed by atoms with E-state index in [-0.39, 0.29) is 23.3 Å². The number of carbonyl (C=O) groups excluding carboxylic acids is 2. The van der Waals surface area contributed by atoms with Crippen LogP contribution in [-0.4, -0.2) is 52.0 Å². The van der Waals surface area contributed by atoms with Crippen LogP contribution in [0.1, 0.15) is 20.3 Å². The Labute approximate surface area is 195 Å². The van der Waals surface area contributed by atoms with Gasteiger partial charge in [-0.1, -0.05) is 30.8 Å². The third-order valence-electron chi connectivity index (χ3n) is 4.73. The topological polar surface area (TPSA) is 98.1 Å². The first-order valence-corrected chi connectivity index (χ1v) is 11.5. The highest BCUT2D eigenvalue weighted by atomic mass is 32.2. The summed E-state index contributed by atoms with van der Waals surface area (Å²) >= 11 is 1.11. The highest BCUT2D eigenvalue weighted by molar-refractivity contribution is 7.99. The Balaban J connectivity index is 1.82. The van der Waals surface area contributed by atoms with Gasteiger partial charge in [0.15, 0.2) is 11.0 Å². The molecule has 0 fully saturated rings. The number of carbonyl (C=O) groups is 2. The maximum absolute atomic E-state index is 14.7. The Kier molecular flexibility index (Phi) is 8.42. The van der Waals surface area contributed by atoms with E-state index in [0.29, 0.717) is 28.8 Å². The molecule has 10 heteroatoms. The molecule has 0 aliphatic carbocycles. The number of methoxy groups -OCH3 is 1. The van der Waals surface area contributed by atoms with Crippen LogP contribution in [-0.2, 0) is 9.59 Å². The number of benzene rings is 2. The summed E-state index contributed by atoms with van der Waals surface area (Å²) in [6, 6.07) is 12.8. The van der Waals surface area contributed by atoms with Gasteiger partial charge in [0.2, 0.25) is 11.8 Å². The van der Waals surface area contributed by atoms with Crippen LogP contribution in [0.4, 0.5) is 4.39 Å². The third-order valence-corrected chi connectivity index (χ3v) is 5.66. The van der Waals surface area contributed by atoms with Gasteiger partial charge in [-0.3, -0.25) is 14.2 Å². The second-order valence-electron chi connectivity index (χ2n) is 7.19. The number of para-hydroxylation sites is 1. The van der Waals surface area contributed by atoms with Crippen LogP contribution < -0.4 is 15.4 Å². The van der Waals surface area contributed by atoms with E-state index >= 15 is 0 Å². The van der Waals surface area contributed by atoms with E-state index in [0.717, 1.165) is 18.2 Å². The van der Waals surface area contributed by atoms with Crippen LogP contribution in [0.2, 0.25) is 0 Å². The Morgan fingerprint density at radius 1 is 1.15 bits per heavy atom. The monoisotopic (exact) mass is 471 g/mol. The Bertz CT molecular complexity index is 1100. The molecule has 1 atom stereocenters. The standard InChI is InChI=1S/C23H26FN5O3S/c1-4-13-25-22(31)15(2)26-20(30)14-33-23-28-27-21(16-9-11-17(32-3)12-10-16)29(23)19-8-6-5-7-18(19)24/h5-12,15H,4,13-14H2,1-3H3,(H,25,31)(H,26,30)/t15-/m0/s1. The minimum absolute atomic E-state index is 0.0133. The zero-order chi connectivity index (χ0) is 23.8. The summed E-state index contributed by atoms with van der Waals surface area (Å²) in [4.78, 5) is 24.4. The van der Waals surface area contributed by atoms with E-state index in [9.17, 15) is 14.0 Å². The van der Waals surface area contributed by atoms with E-state index in [2.05, 4.69) is 20.8 Å². The van der Waals surface area contributed by atoms with Gasteiger partial charge >= 0.3 is 0 Å². The maximum atomic E-state index is 14.7. The summed E-state index contributed by atoms with van der Waals surface area (Å²) in [5.41, 5.74) is 0.979. The van der Waals surface area contributed by atoms with Crippen LogP contribution >= 0.6 is 11.8 Å². The quantitative estimate of drug-likeness (QED) is 0.441. The predicted octanol–water partition coefficient (Wildman–Crippen LogP) is 3.21. The maximum Gasteiger partial charge on any atom is 0.242 e. The lowest BCUT2D eigenvalue weighted by molar-refractivity contribution is -0.127. The Morgan fingerprint density at radius 2 is 1.88 bits per heavy atom. The summed E-state index contributed by atoms with van der Waals surface area (Å²) < 4.78 is 21.5. The Hall–Kier alpha value is -3.40. The SMILES string of the molecule is CCCNC(=O)[C@H](C)NC(=O)CSc1nnc(-c2ccc(OC)cc2)n1-c1ccccc1F. The van der Waals surface area contributed by atoms with Gasteiger partial charge in [0.05, 0.1) is 18.6 Å². The molecule has 0 saturated heterocycles. The summed E-state index contributed by atoms with van der Waals surface area (Å²) in [6.07, 6.45) is 0.810. The molecule has 1 aromatic heterocycles. The average molecular weight is 472 g/mol. The van der Waals surface area contributed by atoms with E-state index in [1.54, 1.807) is 61.1 Å². The minimum Gasteiger partial charge on any atom is -0.497 e. The molecule has 3 aromatic rings. The van der Waals surface area contributed by atoms with Crippen LogP contribution in [0.25, 0.3) is 17.1 Å². The van der Waals surface area contributed by atoms with Crippen LogP contribution in [0, 0.1) is 5.82 Å². The molecule has 2 amide bonds. The molecule has 8 nitrogen and oxygen atoms in total. The zero-order valence-electron chi connectivity index (χ0n) is 18.7. The van der Waals surface area contributed by atoms with Gasteiger partial charge in [0.1, 0.15) is 17.6 Å². The van der Waals surface area contributed by atoms with Crippen LogP contribution in [0.15, 0.2) is 53.7 Å². The van der Waals surface area contributed by atoms with Crippen molar-refractivity contribution in [3.05, 3.63) is 54.3 Å². The number of ether oxygens (including phenoxy) is 1. The lowest BCUT2D eigenvalue weighted by Crippen LogP contribution is -2.45. The van der Waals surface area contributed by atoms with Crippen molar-refractivity contribution in [2.75, 3.05) is 19.4 Å². The molecule has 2 aromatic carbocycles. The molecular weight excluding hydrogens is 445 g/mol. The van der Waals surface area contributed by atoms with Crippen molar-refractivity contribution in [2.45, 2.75) is 31.5 Å². The summed E-state index contributed by atoms with van der Waals surface area (Å²) in [5.74, 6) is 0.0667. The number of amides is 2. The molecule has 0 unspecified atom stereocenters. The molecule has 0 spiro atoms. The highest BCUT2D eigenvalue weighted by Crippen LogP contribution is 2.30. The van der Waals surface area contributed by atoms with Gasteiger partial charge in [-0.2, -0.15) is 0 Å². The third kappa shape index (κ3) is 6.10. The van der Waals surface area contributed by atoms with E-state index in [4.69, 9.17) is 4.74 Å².